The van der Waals surface area contributed by atoms with Gasteiger partial charge < -0.3 is 5.32 Å². The van der Waals surface area contributed by atoms with Crippen molar-refractivity contribution >= 4 is 39.2 Å². The second-order valence-corrected chi connectivity index (χ2v) is 9.31. The Hall–Kier alpha value is -3.62. The lowest BCUT2D eigenvalue weighted by Gasteiger charge is -2.24. The molecule has 5 rings (SSSR count). The summed E-state index contributed by atoms with van der Waals surface area (Å²) >= 11 is 6.04. The van der Waals surface area contributed by atoms with Gasteiger partial charge in [0.15, 0.2) is 0 Å². The Morgan fingerprint density at radius 3 is 2.25 bits per heavy atom. The van der Waals surface area contributed by atoms with Gasteiger partial charge in [0, 0.05) is 10.7 Å². The van der Waals surface area contributed by atoms with Crippen LogP contribution in [0.3, 0.4) is 0 Å². The van der Waals surface area contributed by atoms with Crippen LogP contribution in [0.25, 0.3) is 5.70 Å². The van der Waals surface area contributed by atoms with E-state index >= 15 is 0 Å². The van der Waals surface area contributed by atoms with Gasteiger partial charge in [-0.3, -0.25) is 0 Å². The van der Waals surface area contributed by atoms with Crippen molar-refractivity contribution in [1.29, 1.82) is 0 Å². The van der Waals surface area contributed by atoms with Crippen LogP contribution >= 0.6 is 11.6 Å². The third-order valence-corrected chi connectivity index (χ3v) is 6.64. The standard InChI is InChI=1S/C23H18ClN5O2S/c24-18-13-11-16(12-14-18)20-15-21(17-7-3-1-4-8-17)29-23(25-20)26-22(27-29)28-32(30,31)19-9-5-2-6-10-19/h1-15,21H,(H2,25,26,27,28)/t21-/m0/s1. The summed E-state index contributed by atoms with van der Waals surface area (Å²) < 4.78 is 29.6. The lowest BCUT2D eigenvalue weighted by Crippen LogP contribution is -2.20. The monoisotopic (exact) mass is 463 g/mol. The van der Waals surface area contributed by atoms with E-state index in [2.05, 4.69) is 20.1 Å². The van der Waals surface area contributed by atoms with Crippen LogP contribution in [0.1, 0.15) is 17.2 Å². The molecule has 1 aliphatic rings. The number of hydrogen-bond acceptors (Lipinski definition) is 5. The molecule has 0 aliphatic carbocycles. The van der Waals surface area contributed by atoms with Gasteiger partial charge in [0.2, 0.25) is 5.95 Å². The van der Waals surface area contributed by atoms with Crippen molar-refractivity contribution in [3.05, 3.63) is 107 Å². The Morgan fingerprint density at radius 2 is 1.56 bits per heavy atom. The molecule has 1 aliphatic heterocycles. The summed E-state index contributed by atoms with van der Waals surface area (Å²) in [5.41, 5.74) is 2.74. The van der Waals surface area contributed by atoms with Crippen LogP contribution in [0.2, 0.25) is 5.02 Å². The Balaban J connectivity index is 1.54. The summed E-state index contributed by atoms with van der Waals surface area (Å²) in [5.74, 6) is 0.417. The first kappa shape index (κ1) is 20.3. The fourth-order valence-electron chi connectivity index (χ4n) is 3.50. The molecular weight excluding hydrogens is 446 g/mol. The van der Waals surface area contributed by atoms with Gasteiger partial charge in [-0.05, 0) is 41.5 Å². The lowest BCUT2D eigenvalue weighted by atomic mass is 10.0. The SMILES string of the molecule is O=S(=O)(Nc1nc2n(n1)[C@H](c1ccccc1)C=C(c1ccc(Cl)cc1)N2)c1ccccc1. The molecule has 0 spiro atoms. The van der Waals surface area contributed by atoms with Gasteiger partial charge in [0.05, 0.1) is 4.90 Å². The topological polar surface area (TPSA) is 88.9 Å². The summed E-state index contributed by atoms with van der Waals surface area (Å²) in [4.78, 5) is 4.55. The van der Waals surface area contributed by atoms with E-state index in [1.54, 1.807) is 22.9 Å². The van der Waals surface area contributed by atoms with E-state index in [9.17, 15) is 8.42 Å². The van der Waals surface area contributed by atoms with E-state index in [0.29, 0.717) is 11.0 Å². The summed E-state index contributed by atoms with van der Waals surface area (Å²) in [6.45, 7) is 0. The molecule has 0 fully saturated rings. The molecule has 160 valence electrons. The van der Waals surface area contributed by atoms with E-state index in [1.807, 2.05) is 60.7 Å². The normalized spacial score (nSPS) is 15.4. The van der Waals surface area contributed by atoms with Crippen LogP contribution in [-0.2, 0) is 10.0 Å². The minimum atomic E-state index is -3.81. The third-order valence-electron chi connectivity index (χ3n) is 5.04. The first-order chi connectivity index (χ1) is 15.5. The summed E-state index contributed by atoms with van der Waals surface area (Å²) in [5, 5.41) is 8.34. The van der Waals surface area contributed by atoms with E-state index in [1.165, 1.54) is 12.1 Å². The van der Waals surface area contributed by atoms with Crippen molar-refractivity contribution in [3.8, 4) is 0 Å². The third kappa shape index (κ3) is 3.98. The number of sulfonamides is 1. The van der Waals surface area contributed by atoms with Gasteiger partial charge >= 0.3 is 0 Å². The van der Waals surface area contributed by atoms with Crippen molar-refractivity contribution in [1.82, 2.24) is 14.8 Å². The maximum absolute atomic E-state index is 12.7. The van der Waals surface area contributed by atoms with Crippen molar-refractivity contribution in [2.24, 2.45) is 0 Å². The van der Waals surface area contributed by atoms with Crippen LogP contribution in [0, 0.1) is 0 Å². The van der Waals surface area contributed by atoms with Crippen LogP contribution < -0.4 is 10.0 Å². The largest absolute Gasteiger partial charge is 0.324 e. The minimum absolute atomic E-state index is 0.0111. The summed E-state index contributed by atoms with van der Waals surface area (Å²) in [6, 6.07) is 25.1. The predicted molar refractivity (Wildman–Crippen MR) is 125 cm³/mol. The zero-order valence-electron chi connectivity index (χ0n) is 16.7. The quantitative estimate of drug-likeness (QED) is 0.444. The molecule has 9 heteroatoms. The van der Waals surface area contributed by atoms with Gasteiger partial charge in [0.1, 0.15) is 6.04 Å². The molecule has 4 aromatic rings. The lowest BCUT2D eigenvalue weighted by molar-refractivity contribution is 0.598. The highest BCUT2D eigenvalue weighted by atomic mass is 35.5. The van der Waals surface area contributed by atoms with E-state index in [4.69, 9.17) is 11.6 Å². The van der Waals surface area contributed by atoms with E-state index < -0.39 is 10.0 Å². The maximum atomic E-state index is 12.7. The molecule has 0 saturated carbocycles. The molecule has 0 saturated heterocycles. The molecule has 0 unspecified atom stereocenters. The molecule has 2 heterocycles. The predicted octanol–water partition coefficient (Wildman–Crippen LogP) is 4.79. The summed E-state index contributed by atoms with van der Waals surface area (Å²) in [7, 11) is -3.81. The smallest absolute Gasteiger partial charge is 0.264 e. The number of aromatic nitrogens is 3. The van der Waals surface area contributed by atoms with Gasteiger partial charge in [-0.1, -0.05) is 72.3 Å². The second kappa shape index (κ2) is 8.14. The average molecular weight is 464 g/mol. The van der Waals surface area contributed by atoms with Crippen molar-refractivity contribution in [3.63, 3.8) is 0 Å². The Morgan fingerprint density at radius 1 is 0.906 bits per heavy atom. The van der Waals surface area contributed by atoms with Crippen LogP contribution in [0.15, 0.2) is 95.9 Å². The van der Waals surface area contributed by atoms with Crippen LogP contribution in [0.4, 0.5) is 11.9 Å². The highest BCUT2D eigenvalue weighted by Crippen LogP contribution is 2.33. The first-order valence-electron chi connectivity index (χ1n) is 9.84. The number of hydrogen-bond donors (Lipinski definition) is 2. The number of allylic oxidation sites excluding steroid dienone is 1. The number of halogens is 1. The number of nitrogens with one attached hydrogen (secondary N) is 2. The van der Waals surface area contributed by atoms with Crippen molar-refractivity contribution < 1.29 is 8.42 Å². The number of rotatable bonds is 5. The molecule has 2 N–H and O–H groups in total. The number of benzene rings is 3. The van der Waals surface area contributed by atoms with Crippen LogP contribution in [-0.4, -0.2) is 23.2 Å². The molecule has 32 heavy (non-hydrogen) atoms. The molecule has 3 aromatic carbocycles. The molecule has 0 amide bonds. The minimum Gasteiger partial charge on any atom is -0.324 e. The highest BCUT2D eigenvalue weighted by molar-refractivity contribution is 7.92. The molecule has 0 bridgehead atoms. The van der Waals surface area contributed by atoms with Crippen LogP contribution in [0.5, 0.6) is 0 Å². The average Bonchev–Trinajstić information content (AvgIpc) is 3.21. The van der Waals surface area contributed by atoms with Gasteiger partial charge in [-0.15, -0.1) is 5.10 Å². The Bertz CT molecular complexity index is 1390. The molecule has 1 atom stereocenters. The molecule has 1 aromatic heterocycles. The fourth-order valence-corrected chi connectivity index (χ4v) is 4.59. The number of anilines is 2. The van der Waals surface area contributed by atoms with Gasteiger partial charge in [-0.2, -0.15) is 4.98 Å². The fraction of sp³-hybridized carbons (Fsp3) is 0.0435. The number of fused-ring (bicyclic) bond motifs is 1. The van der Waals surface area contributed by atoms with Crippen molar-refractivity contribution in [2.75, 3.05) is 10.0 Å². The zero-order chi connectivity index (χ0) is 22.1. The van der Waals surface area contributed by atoms with Crippen molar-refractivity contribution in [2.45, 2.75) is 10.9 Å². The molecular formula is C23H18ClN5O2S. The summed E-state index contributed by atoms with van der Waals surface area (Å²) in [6.07, 6.45) is 2.02. The Labute approximate surface area is 190 Å². The second-order valence-electron chi connectivity index (χ2n) is 7.19. The van der Waals surface area contributed by atoms with Gasteiger partial charge in [0.25, 0.3) is 16.0 Å². The van der Waals surface area contributed by atoms with Gasteiger partial charge in [-0.25, -0.2) is 17.8 Å². The molecule has 0 radical (unpaired) electrons. The number of nitrogens with zero attached hydrogens (tertiary/aromatic N) is 3. The van der Waals surface area contributed by atoms with E-state index in [0.717, 1.165) is 16.8 Å². The van der Waals surface area contributed by atoms with E-state index in [-0.39, 0.29) is 16.9 Å². The molecule has 7 nitrogen and oxygen atoms in total. The Kier molecular flexibility index (Phi) is 5.16. The maximum Gasteiger partial charge on any atom is 0.264 e. The zero-order valence-corrected chi connectivity index (χ0v) is 18.3. The highest BCUT2D eigenvalue weighted by Gasteiger charge is 2.27. The first-order valence-corrected chi connectivity index (χ1v) is 11.7.